The van der Waals surface area contributed by atoms with Gasteiger partial charge in [0.25, 0.3) is 0 Å². The number of carbonyl (C=O) groups excluding carboxylic acids is 1. The monoisotopic (exact) mass is 340 g/mol. The van der Waals surface area contributed by atoms with Gasteiger partial charge in [-0.1, -0.05) is 25.9 Å². The average Bonchev–Trinajstić information content (AvgIpc) is 3.25. The predicted molar refractivity (Wildman–Crippen MR) is 91.9 cm³/mol. The molecule has 0 unspecified atom stereocenters. The molecule has 7 heteroatoms. The topological polar surface area (TPSA) is 94.1 Å². The Kier molecular flexibility index (Phi) is 4.65. The minimum Gasteiger partial charge on any atom is -0.444 e. The normalized spacial score (nSPS) is 11.5. The number of rotatable bonds is 5. The van der Waals surface area contributed by atoms with Crippen LogP contribution in [0.2, 0.25) is 0 Å². The van der Waals surface area contributed by atoms with Crippen LogP contribution in [-0.2, 0) is 16.6 Å². The maximum atomic E-state index is 12.1. The summed E-state index contributed by atoms with van der Waals surface area (Å²) in [5, 5.41) is 6.80. The number of carbonyl (C=O) groups is 1. The van der Waals surface area contributed by atoms with Crippen molar-refractivity contribution < 1.29 is 13.7 Å². The third kappa shape index (κ3) is 4.32. The van der Waals surface area contributed by atoms with Gasteiger partial charge in [-0.05, 0) is 24.3 Å². The van der Waals surface area contributed by atoms with Crippen molar-refractivity contribution in [3.8, 4) is 11.3 Å². The van der Waals surface area contributed by atoms with E-state index in [2.05, 4.69) is 20.4 Å². The number of anilines is 1. The first-order valence-corrected chi connectivity index (χ1v) is 8.04. The summed E-state index contributed by atoms with van der Waals surface area (Å²) in [6.45, 7) is 6.03. The standard InChI is InChI=1S/C18H20N4O3/c1-18(2,3)17-21-16(25-22-17)9-8-15(23)20-13-6-4-12(5-7-13)14-10-19-11-24-14/h4-7,10-11H,8-9H2,1-3H3,(H,20,23). The molecule has 1 aromatic carbocycles. The summed E-state index contributed by atoms with van der Waals surface area (Å²) in [6, 6.07) is 7.37. The minimum atomic E-state index is -0.171. The highest BCUT2D eigenvalue weighted by molar-refractivity contribution is 5.91. The van der Waals surface area contributed by atoms with Gasteiger partial charge >= 0.3 is 0 Å². The fourth-order valence-electron chi connectivity index (χ4n) is 2.18. The zero-order valence-corrected chi connectivity index (χ0v) is 14.4. The molecule has 1 amide bonds. The second-order valence-corrected chi connectivity index (χ2v) is 6.75. The molecule has 25 heavy (non-hydrogen) atoms. The van der Waals surface area contributed by atoms with Gasteiger partial charge in [0.1, 0.15) is 0 Å². The van der Waals surface area contributed by atoms with E-state index in [1.54, 1.807) is 6.20 Å². The smallest absolute Gasteiger partial charge is 0.227 e. The van der Waals surface area contributed by atoms with Gasteiger partial charge in [0.15, 0.2) is 18.0 Å². The van der Waals surface area contributed by atoms with Crippen LogP contribution in [0.1, 0.15) is 38.9 Å². The quantitative estimate of drug-likeness (QED) is 0.763. The summed E-state index contributed by atoms with van der Waals surface area (Å²) in [7, 11) is 0. The summed E-state index contributed by atoms with van der Waals surface area (Å²) < 4.78 is 10.4. The van der Waals surface area contributed by atoms with Crippen molar-refractivity contribution in [3.05, 3.63) is 48.6 Å². The zero-order valence-electron chi connectivity index (χ0n) is 14.4. The minimum absolute atomic E-state index is 0.108. The van der Waals surface area contributed by atoms with Crippen molar-refractivity contribution in [2.45, 2.75) is 39.0 Å². The Morgan fingerprint density at radius 1 is 1.20 bits per heavy atom. The number of hydrogen-bond donors (Lipinski definition) is 1. The fraction of sp³-hybridized carbons (Fsp3) is 0.333. The van der Waals surface area contributed by atoms with Crippen molar-refractivity contribution in [2.24, 2.45) is 0 Å². The predicted octanol–water partition coefficient (Wildman–Crippen LogP) is 3.59. The van der Waals surface area contributed by atoms with Crippen LogP contribution in [-0.4, -0.2) is 21.0 Å². The molecule has 3 aromatic rings. The number of hydrogen-bond acceptors (Lipinski definition) is 6. The van der Waals surface area contributed by atoms with Gasteiger partial charge in [-0.25, -0.2) is 4.98 Å². The van der Waals surface area contributed by atoms with Crippen molar-refractivity contribution >= 4 is 11.6 Å². The van der Waals surface area contributed by atoms with Crippen LogP contribution in [0, 0.1) is 0 Å². The lowest BCUT2D eigenvalue weighted by Crippen LogP contribution is -2.14. The zero-order chi connectivity index (χ0) is 17.9. The van der Waals surface area contributed by atoms with Gasteiger partial charge in [-0.3, -0.25) is 4.79 Å². The first-order valence-electron chi connectivity index (χ1n) is 8.04. The third-order valence-electron chi connectivity index (χ3n) is 3.59. The van der Waals surface area contributed by atoms with E-state index in [1.807, 2.05) is 45.0 Å². The van der Waals surface area contributed by atoms with Gasteiger partial charge in [0.2, 0.25) is 11.8 Å². The Morgan fingerprint density at radius 3 is 2.56 bits per heavy atom. The molecule has 130 valence electrons. The Morgan fingerprint density at radius 2 is 1.96 bits per heavy atom. The fourth-order valence-corrected chi connectivity index (χ4v) is 2.18. The van der Waals surface area contributed by atoms with Gasteiger partial charge in [0.05, 0.1) is 6.20 Å². The van der Waals surface area contributed by atoms with E-state index in [-0.39, 0.29) is 17.7 Å². The number of aryl methyl sites for hydroxylation is 1. The van der Waals surface area contributed by atoms with E-state index in [0.717, 1.165) is 5.56 Å². The van der Waals surface area contributed by atoms with Crippen molar-refractivity contribution in [3.63, 3.8) is 0 Å². The third-order valence-corrected chi connectivity index (χ3v) is 3.59. The molecule has 0 spiro atoms. The van der Waals surface area contributed by atoms with Crippen LogP contribution in [0.25, 0.3) is 11.3 Å². The largest absolute Gasteiger partial charge is 0.444 e. The van der Waals surface area contributed by atoms with Crippen LogP contribution in [0.15, 0.2) is 45.8 Å². The molecule has 7 nitrogen and oxygen atoms in total. The van der Waals surface area contributed by atoms with E-state index in [9.17, 15) is 4.79 Å². The lowest BCUT2D eigenvalue weighted by Gasteiger charge is -2.10. The Bertz CT molecular complexity index is 830. The molecule has 2 aromatic heterocycles. The van der Waals surface area contributed by atoms with E-state index in [1.165, 1.54) is 6.39 Å². The maximum absolute atomic E-state index is 12.1. The van der Waals surface area contributed by atoms with Crippen LogP contribution in [0.5, 0.6) is 0 Å². The molecule has 1 N–H and O–H groups in total. The Hall–Kier alpha value is -2.96. The first-order chi connectivity index (χ1) is 11.9. The van der Waals surface area contributed by atoms with Crippen molar-refractivity contribution in [1.82, 2.24) is 15.1 Å². The molecular weight excluding hydrogens is 320 g/mol. The van der Waals surface area contributed by atoms with Crippen LogP contribution >= 0.6 is 0 Å². The highest BCUT2D eigenvalue weighted by Gasteiger charge is 2.21. The van der Waals surface area contributed by atoms with Gasteiger partial charge in [0, 0.05) is 29.5 Å². The first kappa shape index (κ1) is 16.9. The molecule has 0 aliphatic rings. The number of aromatic nitrogens is 3. The number of benzene rings is 1. The van der Waals surface area contributed by atoms with E-state index in [4.69, 9.17) is 8.94 Å². The van der Waals surface area contributed by atoms with Gasteiger partial charge in [-0.2, -0.15) is 4.98 Å². The number of amides is 1. The second kappa shape index (κ2) is 6.88. The summed E-state index contributed by atoms with van der Waals surface area (Å²) in [6.07, 6.45) is 3.71. The highest BCUT2D eigenvalue weighted by Crippen LogP contribution is 2.21. The molecule has 0 radical (unpaired) electrons. The summed E-state index contributed by atoms with van der Waals surface area (Å²) >= 11 is 0. The molecule has 0 fully saturated rings. The lowest BCUT2D eigenvalue weighted by atomic mass is 9.96. The van der Waals surface area contributed by atoms with Crippen LogP contribution in [0.4, 0.5) is 5.69 Å². The van der Waals surface area contributed by atoms with Crippen molar-refractivity contribution in [1.29, 1.82) is 0 Å². The summed E-state index contributed by atoms with van der Waals surface area (Å²) in [5.74, 6) is 1.69. The van der Waals surface area contributed by atoms with Gasteiger partial charge in [-0.15, -0.1) is 0 Å². The number of nitrogens with zero attached hydrogens (tertiary/aromatic N) is 3. The van der Waals surface area contributed by atoms with E-state index < -0.39 is 0 Å². The molecule has 0 aliphatic heterocycles. The molecule has 0 aliphatic carbocycles. The molecule has 0 bridgehead atoms. The molecule has 0 saturated carbocycles. The molecule has 0 saturated heterocycles. The molecule has 2 heterocycles. The summed E-state index contributed by atoms with van der Waals surface area (Å²) in [5.41, 5.74) is 1.44. The lowest BCUT2D eigenvalue weighted by molar-refractivity contribution is -0.116. The van der Waals surface area contributed by atoms with E-state index >= 15 is 0 Å². The molecular formula is C18H20N4O3. The molecule has 3 rings (SSSR count). The Labute approximate surface area is 145 Å². The average molecular weight is 340 g/mol. The molecule has 0 atom stereocenters. The number of nitrogens with one attached hydrogen (secondary N) is 1. The maximum Gasteiger partial charge on any atom is 0.227 e. The number of oxazole rings is 1. The van der Waals surface area contributed by atoms with Crippen molar-refractivity contribution in [2.75, 3.05) is 5.32 Å². The summed E-state index contributed by atoms with van der Waals surface area (Å²) in [4.78, 5) is 20.3. The second-order valence-electron chi connectivity index (χ2n) is 6.75. The Balaban J connectivity index is 1.53. The van der Waals surface area contributed by atoms with Crippen LogP contribution in [0.3, 0.4) is 0 Å². The SMILES string of the molecule is CC(C)(C)c1noc(CCC(=O)Nc2ccc(-c3cnco3)cc2)n1. The van der Waals surface area contributed by atoms with Crippen LogP contribution < -0.4 is 5.32 Å². The highest BCUT2D eigenvalue weighted by atomic mass is 16.5. The van der Waals surface area contributed by atoms with Gasteiger partial charge < -0.3 is 14.3 Å². The van der Waals surface area contributed by atoms with E-state index in [0.29, 0.717) is 29.6 Å².